The van der Waals surface area contributed by atoms with E-state index in [2.05, 4.69) is 9.97 Å². The number of aromatic amines is 2. The number of H-pyrrole nitrogens is 2. The molecule has 2 heterocycles. The Morgan fingerprint density at radius 2 is 1.14 bits per heavy atom. The van der Waals surface area contributed by atoms with E-state index in [0.29, 0.717) is 0 Å². The Hall–Kier alpha value is -2.82. The number of para-hydroxylation sites is 2. The Bertz CT molecular complexity index is 823. The highest BCUT2D eigenvalue weighted by atomic mass is 16.6. The van der Waals surface area contributed by atoms with Crippen LogP contribution in [0.15, 0.2) is 60.9 Å². The standard InChI is InChI=1S/C16H13BN2O2/c1-3-7-13-11(5-1)15(9-18-13)20-17-21-16-10-19-14-8-4-2-6-12(14)16/h1-10,17-19H. The molecule has 0 unspecified atom stereocenters. The van der Waals surface area contributed by atoms with Crippen LogP contribution in [0.3, 0.4) is 0 Å². The molecular weight excluding hydrogens is 263 g/mol. The molecule has 4 nitrogen and oxygen atoms in total. The third kappa shape index (κ3) is 2.12. The van der Waals surface area contributed by atoms with Crippen LogP contribution < -0.4 is 9.31 Å². The molecule has 0 spiro atoms. The molecule has 0 saturated heterocycles. The summed E-state index contributed by atoms with van der Waals surface area (Å²) >= 11 is 0. The van der Waals surface area contributed by atoms with Gasteiger partial charge >= 0.3 is 7.69 Å². The average Bonchev–Trinajstić information content (AvgIpc) is 3.13. The van der Waals surface area contributed by atoms with E-state index in [4.69, 9.17) is 9.31 Å². The Morgan fingerprint density at radius 1 is 0.667 bits per heavy atom. The molecule has 0 aliphatic carbocycles. The van der Waals surface area contributed by atoms with Crippen molar-refractivity contribution in [1.82, 2.24) is 9.97 Å². The predicted octanol–water partition coefficient (Wildman–Crippen LogP) is 3.37. The summed E-state index contributed by atoms with van der Waals surface area (Å²) in [6.07, 6.45) is 3.70. The molecule has 0 aliphatic heterocycles. The van der Waals surface area contributed by atoms with Crippen LogP contribution in [-0.2, 0) is 0 Å². The van der Waals surface area contributed by atoms with Gasteiger partial charge < -0.3 is 19.3 Å². The molecule has 4 rings (SSSR count). The molecule has 2 aromatic heterocycles. The number of fused-ring (bicyclic) bond motifs is 2. The molecule has 0 amide bonds. The van der Waals surface area contributed by atoms with Crippen molar-refractivity contribution in [3.63, 3.8) is 0 Å². The lowest BCUT2D eigenvalue weighted by molar-refractivity contribution is 0.464. The zero-order valence-electron chi connectivity index (χ0n) is 11.3. The van der Waals surface area contributed by atoms with E-state index in [1.807, 2.05) is 60.9 Å². The fourth-order valence-electron chi connectivity index (χ4n) is 2.49. The first-order chi connectivity index (χ1) is 10.4. The van der Waals surface area contributed by atoms with Crippen LogP contribution in [0.4, 0.5) is 0 Å². The van der Waals surface area contributed by atoms with Gasteiger partial charge in [0.25, 0.3) is 0 Å². The van der Waals surface area contributed by atoms with Crippen molar-refractivity contribution in [2.24, 2.45) is 0 Å². The van der Waals surface area contributed by atoms with Crippen LogP contribution in [0.2, 0.25) is 0 Å². The summed E-state index contributed by atoms with van der Waals surface area (Å²) < 4.78 is 11.4. The molecule has 0 bridgehead atoms. The van der Waals surface area contributed by atoms with Crippen LogP contribution >= 0.6 is 0 Å². The first-order valence-corrected chi connectivity index (χ1v) is 6.79. The van der Waals surface area contributed by atoms with E-state index in [-0.39, 0.29) is 7.69 Å². The van der Waals surface area contributed by atoms with Gasteiger partial charge in [-0.2, -0.15) is 0 Å². The summed E-state index contributed by atoms with van der Waals surface area (Å²) in [7, 11) is 0.170. The highest BCUT2D eigenvalue weighted by Crippen LogP contribution is 2.26. The largest absolute Gasteiger partial charge is 0.576 e. The Balaban J connectivity index is 1.50. The number of nitrogens with one attached hydrogen (secondary N) is 2. The zero-order valence-corrected chi connectivity index (χ0v) is 11.3. The lowest BCUT2D eigenvalue weighted by Gasteiger charge is -2.05. The number of benzene rings is 2. The summed E-state index contributed by atoms with van der Waals surface area (Å²) in [5, 5.41) is 2.11. The molecule has 21 heavy (non-hydrogen) atoms. The highest BCUT2D eigenvalue weighted by molar-refractivity contribution is 6.22. The smallest absolute Gasteiger partial charge is 0.527 e. The van der Waals surface area contributed by atoms with Crippen LogP contribution in [0.25, 0.3) is 21.8 Å². The fraction of sp³-hybridized carbons (Fsp3) is 0. The lowest BCUT2D eigenvalue weighted by atomic mass is 10.2. The van der Waals surface area contributed by atoms with Crippen molar-refractivity contribution in [2.75, 3.05) is 0 Å². The molecule has 0 atom stereocenters. The summed E-state index contributed by atoms with van der Waals surface area (Å²) in [4.78, 5) is 6.35. The van der Waals surface area contributed by atoms with Gasteiger partial charge in [-0.15, -0.1) is 0 Å². The molecule has 0 radical (unpaired) electrons. The minimum absolute atomic E-state index is 0.170. The summed E-state index contributed by atoms with van der Waals surface area (Å²) in [5.41, 5.74) is 2.11. The minimum Gasteiger partial charge on any atom is -0.527 e. The maximum absolute atomic E-state index is 5.71. The number of aromatic nitrogens is 2. The van der Waals surface area contributed by atoms with Gasteiger partial charge in [0.1, 0.15) is 11.5 Å². The number of rotatable bonds is 4. The Morgan fingerprint density at radius 3 is 1.67 bits per heavy atom. The molecular formula is C16H13BN2O2. The normalized spacial score (nSPS) is 10.9. The Labute approximate surface area is 122 Å². The lowest BCUT2D eigenvalue weighted by Crippen LogP contribution is -2.10. The molecule has 2 N–H and O–H groups in total. The molecule has 0 fully saturated rings. The van der Waals surface area contributed by atoms with E-state index < -0.39 is 0 Å². The SMILES string of the molecule is B(Oc1c[nH]c2ccccc12)Oc1c[nH]c2ccccc12. The van der Waals surface area contributed by atoms with E-state index >= 15 is 0 Å². The second-order valence-corrected chi connectivity index (χ2v) is 4.80. The summed E-state index contributed by atoms with van der Waals surface area (Å²) in [6, 6.07) is 16.0. The third-order valence-electron chi connectivity index (χ3n) is 3.53. The van der Waals surface area contributed by atoms with Gasteiger partial charge in [-0.3, -0.25) is 0 Å². The van der Waals surface area contributed by atoms with Crippen LogP contribution in [0, 0.1) is 0 Å². The molecule has 102 valence electrons. The van der Waals surface area contributed by atoms with Gasteiger partial charge in [-0.05, 0) is 24.3 Å². The maximum Gasteiger partial charge on any atom is 0.576 e. The first-order valence-electron chi connectivity index (χ1n) is 6.79. The van der Waals surface area contributed by atoms with Crippen molar-refractivity contribution < 1.29 is 9.31 Å². The topological polar surface area (TPSA) is 50.0 Å². The first kappa shape index (κ1) is 12.0. The molecule has 5 heteroatoms. The van der Waals surface area contributed by atoms with E-state index in [9.17, 15) is 0 Å². The van der Waals surface area contributed by atoms with Gasteiger partial charge in [0.05, 0.1) is 0 Å². The van der Waals surface area contributed by atoms with Crippen molar-refractivity contribution in [2.45, 2.75) is 0 Å². The van der Waals surface area contributed by atoms with Crippen LogP contribution in [0.1, 0.15) is 0 Å². The van der Waals surface area contributed by atoms with Gasteiger partial charge in [0.15, 0.2) is 0 Å². The van der Waals surface area contributed by atoms with Crippen molar-refractivity contribution in [3.05, 3.63) is 60.9 Å². The van der Waals surface area contributed by atoms with Crippen LogP contribution in [-0.4, -0.2) is 17.7 Å². The monoisotopic (exact) mass is 276 g/mol. The van der Waals surface area contributed by atoms with Crippen LogP contribution in [0.5, 0.6) is 11.5 Å². The van der Waals surface area contributed by atoms with Gasteiger partial charge in [0.2, 0.25) is 0 Å². The highest BCUT2D eigenvalue weighted by Gasteiger charge is 2.08. The van der Waals surface area contributed by atoms with E-state index in [1.165, 1.54) is 0 Å². The predicted molar refractivity (Wildman–Crippen MR) is 85.0 cm³/mol. The van der Waals surface area contributed by atoms with Gasteiger partial charge in [0, 0.05) is 34.2 Å². The summed E-state index contributed by atoms with van der Waals surface area (Å²) in [5.74, 6) is 1.59. The summed E-state index contributed by atoms with van der Waals surface area (Å²) in [6.45, 7) is 0. The van der Waals surface area contributed by atoms with Gasteiger partial charge in [-0.25, -0.2) is 0 Å². The number of hydrogen-bond donors (Lipinski definition) is 2. The van der Waals surface area contributed by atoms with Crippen molar-refractivity contribution in [3.8, 4) is 11.5 Å². The third-order valence-corrected chi connectivity index (χ3v) is 3.53. The zero-order chi connectivity index (χ0) is 14.1. The number of hydrogen-bond acceptors (Lipinski definition) is 2. The molecule has 4 aromatic rings. The quantitative estimate of drug-likeness (QED) is 0.561. The van der Waals surface area contributed by atoms with Crippen molar-refractivity contribution in [1.29, 1.82) is 0 Å². The maximum atomic E-state index is 5.71. The van der Waals surface area contributed by atoms with E-state index in [1.54, 1.807) is 0 Å². The molecule has 0 saturated carbocycles. The molecule has 2 aromatic carbocycles. The fourth-order valence-corrected chi connectivity index (χ4v) is 2.49. The average molecular weight is 276 g/mol. The minimum atomic E-state index is 0.170. The second-order valence-electron chi connectivity index (χ2n) is 4.80. The van der Waals surface area contributed by atoms with Crippen molar-refractivity contribution >= 4 is 29.5 Å². The Kier molecular flexibility index (Phi) is 2.82. The van der Waals surface area contributed by atoms with E-state index in [0.717, 1.165) is 33.3 Å². The molecule has 0 aliphatic rings. The second kappa shape index (κ2) is 4.94. The van der Waals surface area contributed by atoms with Gasteiger partial charge in [-0.1, -0.05) is 24.3 Å².